The van der Waals surface area contributed by atoms with Crippen LogP contribution in [0.4, 0.5) is 0 Å². The SMILES string of the molecule is CC(=O)c1ccco1.CCN.CCNC(=O)CC(=O)c1ccco1.CCNC(=O)CC1(c2ccco2)OCCO1.CCOC(=O)CC(=O)c1ccco1.CCOC(=O)CC1(c2ccco2)OCCO1.O=C(O)CC1(c2ccco2)OCCO1. The number of carbonyl (C=O) groups is 8. The zero-order chi connectivity index (χ0) is 60.9. The van der Waals surface area contributed by atoms with Crippen LogP contribution in [-0.2, 0) is 79.2 Å². The first-order chi connectivity index (χ1) is 40.0. The predicted molar refractivity (Wildman–Crippen MR) is 288 cm³/mol. The molecule has 26 nitrogen and oxygen atoms in total. The fraction of sp³-hybridized carbons (Fsp3) is 0.439. The zero-order valence-corrected chi connectivity index (χ0v) is 47.2. The topological polar surface area (TPSA) is 360 Å². The first kappa shape index (κ1) is 69.0. The Hall–Kier alpha value is -8.24. The molecule has 5 N–H and O–H groups in total. The lowest BCUT2D eigenvalue weighted by atomic mass is 10.1. The van der Waals surface area contributed by atoms with Crippen LogP contribution in [0, 0.1) is 0 Å². The highest BCUT2D eigenvalue weighted by Crippen LogP contribution is 2.37. The van der Waals surface area contributed by atoms with Gasteiger partial charge in [0.25, 0.3) is 0 Å². The summed E-state index contributed by atoms with van der Waals surface area (Å²) < 4.78 is 72.1. The Morgan fingerprint density at radius 2 is 0.807 bits per heavy atom. The first-order valence-corrected chi connectivity index (χ1v) is 26.4. The van der Waals surface area contributed by atoms with Crippen molar-refractivity contribution in [3.05, 3.63) is 145 Å². The summed E-state index contributed by atoms with van der Waals surface area (Å²) >= 11 is 0. The minimum atomic E-state index is -1.23. The molecule has 26 heteroatoms. The number of esters is 2. The number of carbonyl (C=O) groups excluding carboxylic acids is 7. The summed E-state index contributed by atoms with van der Waals surface area (Å²) in [7, 11) is 0. The van der Waals surface area contributed by atoms with Crippen molar-refractivity contribution in [1.82, 2.24) is 10.6 Å². The first-order valence-electron chi connectivity index (χ1n) is 26.4. The average molecular weight is 1170 g/mol. The summed E-state index contributed by atoms with van der Waals surface area (Å²) in [6.45, 7) is 15.6. The Balaban J connectivity index is 0.000000261. The van der Waals surface area contributed by atoms with Gasteiger partial charge in [-0.05, 0) is 107 Å². The van der Waals surface area contributed by atoms with E-state index in [9.17, 15) is 38.4 Å². The molecule has 3 saturated heterocycles. The fourth-order valence-corrected chi connectivity index (χ4v) is 7.19. The van der Waals surface area contributed by atoms with Gasteiger partial charge in [-0.1, -0.05) is 6.92 Å². The maximum atomic E-state index is 11.6. The van der Waals surface area contributed by atoms with Gasteiger partial charge in [-0.25, -0.2) is 0 Å². The van der Waals surface area contributed by atoms with Crippen LogP contribution in [0.3, 0.4) is 0 Å². The number of hydrogen-bond donors (Lipinski definition) is 4. The molecule has 0 aromatic carbocycles. The van der Waals surface area contributed by atoms with Crippen LogP contribution >= 0.6 is 0 Å². The second-order valence-electron chi connectivity index (χ2n) is 16.8. The number of carboxylic acid groups (broad SMARTS) is 1. The van der Waals surface area contributed by atoms with E-state index >= 15 is 0 Å². The molecule has 3 aliphatic heterocycles. The van der Waals surface area contributed by atoms with Crippen LogP contribution in [0.15, 0.2) is 137 Å². The summed E-state index contributed by atoms with van der Waals surface area (Å²) in [5.74, 6) is -4.03. The number of Topliss-reactive ketones (excluding diaryl/α,β-unsaturated/α-hetero) is 3. The summed E-state index contributed by atoms with van der Waals surface area (Å²) in [5.41, 5.74) is 4.85. The van der Waals surface area contributed by atoms with Gasteiger partial charge in [-0.15, -0.1) is 0 Å². The second-order valence-corrected chi connectivity index (χ2v) is 16.8. The average Bonchev–Trinajstić information content (AvgIpc) is 4.08. The second kappa shape index (κ2) is 37.7. The zero-order valence-electron chi connectivity index (χ0n) is 47.2. The molecule has 3 fully saturated rings. The lowest BCUT2D eigenvalue weighted by Crippen LogP contribution is -2.35. The van der Waals surface area contributed by atoms with E-state index in [1.54, 1.807) is 93.8 Å². The smallest absolute Gasteiger partial charge is 0.313 e. The van der Waals surface area contributed by atoms with Crippen molar-refractivity contribution in [2.45, 2.75) is 91.0 Å². The number of amides is 2. The Morgan fingerprint density at radius 1 is 0.470 bits per heavy atom. The summed E-state index contributed by atoms with van der Waals surface area (Å²) in [6, 6.07) is 19.9. The molecule has 0 bridgehead atoms. The van der Waals surface area contributed by atoms with E-state index in [2.05, 4.69) is 15.4 Å². The number of furan rings is 6. The molecule has 0 spiro atoms. The molecule has 6 aromatic heterocycles. The maximum Gasteiger partial charge on any atom is 0.313 e. The maximum absolute atomic E-state index is 11.6. The quantitative estimate of drug-likeness (QED) is 0.0332. The van der Waals surface area contributed by atoms with Crippen LogP contribution in [0.5, 0.6) is 0 Å². The van der Waals surface area contributed by atoms with E-state index in [-0.39, 0.29) is 85.4 Å². The monoisotopic (exact) mass is 1170 g/mol. The molecule has 454 valence electrons. The highest BCUT2D eigenvalue weighted by Gasteiger charge is 2.45. The Labute approximate surface area is 478 Å². The van der Waals surface area contributed by atoms with Crippen molar-refractivity contribution in [2.75, 3.05) is 72.5 Å². The van der Waals surface area contributed by atoms with Gasteiger partial charge in [0.15, 0.2) is 40.3 Å². The molecule has 83 heavy (non-hydrogen) atoms. The van der Waals surface area contributed by atoms with Gasteiger partial charge in [-0.2, -0.15) is 0 Å². The third-order valence-corrected chi connectivity index (χ3v) is 10.6. The van der Waals surface area contributed by atoms with E-state index in [0.717, 1.165) is 6.54 Å². The standard InChI is InChI=1S/C11H15NO4.C11H14O5.C9H11NO3.C9H10O5.C9H10O4.C6H6O2.C2H7N/c1-2-12-10(13)8-11(15-6-7-16-11)9-4-3-5-14-9;1-2-13-10(12)8-11(15-6-7-16-11)9-4-3-5-14-9;1-2-10-9(12)6-7(11)8-4-3-5-13-8;10-8(11)6-9(13-4-5-14-9)7-2-1-3-12-7;1-2-12-9(11)6-7(10)8-4-3-5-13-8;1-5(7)6-3-2-4-8-6;1-2-3/h3-5H,2,6-8H2,1H3,(H,12,13);3-5H,2,6-8H2,1H3;3-5H,2,6H2,1H3,(H,10,12);1-3H,4-6H2,(H,10,11);3-5H,2,6H2,1H3;2-4H,1H3;2-3H2,1H3. The van der Waals surface area contributed by atoms with Crippen molar-refractivity contribution in [2.24, 2.45) is 5.73 Å². The predicted octanol–water partition coefficient (Wildman–Crippen LogP) is 7.24. The van der Waals surface area contributed by atoms with E-state index in [1.165, 1.54) is 44.3 Å². The molecule has 6 aromatic rings. The summed E-state index contributed by atoms with van der Waals surface area (Å²) in [5, 5.41) is 14.0. The number of aliphatic carboxylic acids is 1. The Bertz CT molecular complexity index is 2600. The van der Waals surface area contributed by atoms with Gasteiger partial charge >= 0.3 is 17.9 Å². The number of ketones is 3. The van der Waals surface area contributed by atoms with Gasteiger partial charge in [-0.3, -0.25) is 38.4 Å². The van der Waals surface area contributed by atoms with Crippen LogP contribution in [0.2, 0.25) is 0 Å². The van der Waals surface area contributed by atoms with Gasteiger partial charge < -0.3 is 85.9 Å². The number of hydrogen-bond acceptors (Lipinski definition) is 23. The lowest BCUT2D eigenvalue weighted by Gasteiger charge is -2.24. The molecule has 0 atom stereocenters. The molecule has 9 heterocycles. The van der Waals surface area contributed by atoms with Crippen molar-refractivity contribution in [3.8, 4) is 0 Å². The molecule has 0 radical (unpaired) electrons. The largest absolute Gasteiger partial charge is 0.481 e. The van der Waals surface area contributed by atoms with Crippen molar-refractivity contribution in [1.29, 1.82) is 0 Å². The molecular formula is C57H73N3O23. The number of nitrogens with two attached hydrogens (primary N) is 1. The molecule has 0 aliphatic carbocycles. The van der Waals surface area contributed by atoms with Gasteiger partial charge in [0.2, 0.25) is 40.7 Å². The van der Waals surface area contributed by atoms with Gasteiger partial charge in [0, 0.05) is 20.0 Å². The summed E-state index contributed by atoms with van der Waals surface area (Å²) in [6.07, 6.45) is 8.27. The van der Waals surface area contributed by atoms with E-state index in [0.29, 0.717) is 82.4 Å². The number of nitrogens with one attached hydrogen (secondary N) is 2. The van der Waals surface area contributed by atoms with Crippen molar-refractivity contribution < 1.29 is 108 Å². The highest BCUT2D eigenvalue weighted by molar-refractivity contribution is 6.06. The van der Waals surface area contributed by atoms with Gasteiger partial charge in [0.05, 0.1) is 103 Å². The molecule has 9 rings (SSSR count). The Morgan fingerprint density at radius 3 is 1.13 bits per heavy atom. The lowest BCUT2D eigenvalue weighted by molar-refractivity contribution is -0.196. The minimum absolute atomic E-state index is 0.00829. The van der Waals surface area contributed by atoms with Crippen molar-refractivity contribution >= 4 is 47.1 Å². The van der Waals surface area contributed by atoms with E-state index in [4.69, 9.17) is 70.5 Å². The van der Waals surface area contributed by atoms with Crippen LogP contribution in [-0.4, -0.2) is 125 Å². The third kappa shape index (κ3) is 24.0. The van der Waals surface area contributed by atoms with E-state index in [1.807, 2.05) is 13.8 Å². The number of carboxylic acids is 1. The van der Waals surface area contributed by atoms with Gasteiger partial charge in [0.1, 0.15) is 19.3 Å². The Kier molecular flexibility index (Phi) is 31.4. The fourth-order valence-electron chi connectivity index (χ4n) is 7.19. The minimum Gasteiger partial charge on any atom is -0.481 e. The molecular weight excluding hydrogens is 1090 g/mol. The third-order valence-electron chi connectivity index (χ3n) is 10.6. The van der Waals surface area contributed by atoms with Crippen LogP contribution < -0.4 is 16.4 Å². The molecule has 0 unspecified atom stereocenters. The van der Waals surface area contributed by atoms with Crippen molar-refractivity contribution in [3.63, 3.8) is 0 Å². The summed E-state index contributed by atoms with van der Waals surface area (Å²) in [4.78, 5) is 88.4. The molecule has 3 aliphatic rings. The number of rotatable bonds is 20. The molecule has 2 amide bonds. The van der Waals surface area contributed by atoms with Crippen LogP contribution in [0.1, 0.15) is 123 Å². The number of ether oxygens (including phenoxy) is 8. The van der Waals surface area contributed by atoms with E-state index < -0.39 is 29.3 Å². The molecule has 0 saturated carbocycles. The normalized spacial score (nSPS) is 14.6. The highest BCUT2D eigenvalue weighted by atomic mass is 16.8. The van der Waals surface area contributed by atoms with Crippen LogP contribution in [0.25, 0.3) is 0 Å².